The van der Waals surface area contributed by atoms with Crippen LogP contribution in [0.5, 0.6) is 0 Å². The van der Waals surface area contributed by atoms with Crippen molar-refractivity contribution in [3.8, 4) is 0 Å². The molecule has 0 N–H and O–H groups in total. The van der Waals surface area contributed by atoms with Gasteiger partial charge in [-0.15, -0.1) is 0 Å². The highest BCUT2D eigenvalue weighted by Crippen LogP contribution is 2.47. The Bertz CT molecular complexity index is 629. The van der Waals surface area contributed by atoms with E-state index in [2.05, 4.69) is 11.3 Å². The van der Waals surface area contributed by atoms with E-state index in [1.807, 2.05) is 0 Å². The highest BCUT2D eigenvalue weighted by atomic mass is 19.4. The van der Waals surface area contributed by atoms with Crippen molar-refractivity contribution in [2.24, 2.45) is 11.8 Å². The van der Waals surface area contributed by atoms with Gasteiger partial charge < -0.3 is 18.9 Å². The van der Waals surface area contributed by atoms with E-state index >= 15 is 0 Å². The number of rotatable bonds is 5. The van der Waals surface area contributed by atoms with E-state index in [1.54, 1.807) is 0 Å². The van der Waals surface area contributed by atoms with Gasteiger partial charge in [-0.3, -0.25) is 9.59 Å². The summed E-state index contributed by atoms with van der Waals surface area (Å²) in [7, 11) is 0. The molecule has 0 aromatic heterocycles. The van der Waals surface area contributed by atoms with E-state index in [9.17, 15) is 27.6 Å². The number of fused-ring (bicyclic) bond motifs is 1. The van der Waals surface area contributed by atoms with Crippen molar-refractivity contribution in [2.75, 3.05) is 6.61 Å². The molecule has 138 valence electrons. The first-order chi connectivity index (χ1) is 11.6. The quantitative estimate of drug-likeness (QED) is 0.407. The van der Waals surface area contributed by atoms with Crippen molar-refractivity contribution in [1.29, 1.82) is 0 Å². The van der Waals surface area contributed by atoms with Gasteiger partial charge in [0.2, 0.25) is 0 Å². The summed E-state index contributed by atoms with van der Waals surface area (Å²) in [4.78, 5) is 34.9. The van der Waals surface area contributed by atoms with Gasteiger partial charge in [0.1, 0.15) is 18.3 Å². The van der Waals surface area contributed by atoms with Crippen LogP contribution in [0, 0.1) is 11.8 Å². The first kappa shape index (κ1) is 17.7. The Labute approximate surface area is 140 Å². The lowest BCUT2D eigenvalue weighted by Gasteiger charge is -2.23. The topological polar surface area (TPSA) is 88.1 Å². The molecular weight excluding hydrogens is 349 g/mol. The third kappa shape index (κ3) is 3.10. The number of carbonyl (C=O) groups excluding carboxylic acids is 3. The SMILES string of the molecule is C=C(C(=O)OCC(C)C(=O)OC1C2CC3C(=O)OC1C3O2)C(F)(F)F. The van der Waals surface area contributed by atoms with Crippen molar-refractivity contribution >= 4 is 17.9 Å². The van der Waals surface area contributed by atoms with E-state index < -0.39 is 60.6 Å². The number of alkyl halides is 3. The van der Waals surface area contributed by atoms with E-state index in [4.69, 9.17) is 14.2 Å². The number of ether oxygens (including phenoxy) is 4. The molecule has 3 rings (SSSR count). The minimum Gasteiger partial charge on any atom is -0.461 e. The second kappa shape index (κ2) is 6.01. The smallest absolute Gasteiger partial charge is 0.422 e. The predicted octanol–water partition coefficient (Wildman–Crippen LogP) is 0.909. The number of hydrogen-bond acceptors (Lipinski definition) is 7. The van der Waals surface area contributed by atoms with Crippen molar-refractivity contribution in [2.45, 2.75) is 43.9 Å². The molecule has 3 aliphatic rings. The first-order valence-electron chi connectivity index (χ1n) is 7.59. The summed E-state index contributed by atoms with van der Waals surface area (Å²) in [6, 6.07) is 0. The van der Waals surface area contributed by atoms with Gasteiger partial charge in [0.05, 0.1) is 17.9 Å². The first-order valence-corrected chi connectivity index (χ1v) is 7.59. The Morgan fingerprint density at radius 2 is 2.04 bits per heavy atom. The maximum Gasteiger partial charge on any atom is 0.422 e. The molecule has 0 spiro atoms. The molecule has 3 heterocycles. The Morgan fingerprint density at radius 1 is 1.36 bits per heavy atom. The van der Waals surface area contributed by atoms with Gasteiger partial charge in [0.15, 0.2) is 12.2 Å². The van der Waals surface area contributed by atoms with Crippen LogP contribution in [-0.4, -0.2) is 55.1 Å². The lowest BCUT2D eigenvalue weighted by Crippen LogP contribution is -2.41. The van der Waals surface area contributed by atoms with E-state index in [1.165, 1.54) is 6.92 Å². The maximum absolute atomic E-state index is 12.3. The molecule has 6 unspecified atom stereocenters. The van der Waals surface area contributed by atoms with Crippen molar-refractivity contribution < 1.29 is 46.5 Å². The summed E-state index contributed by atoms with van der Waals surface area (Å²) in [6.07, 6.45) is -6.81. The molecule has 10 heteroatoms. The Balaban J connectivity index is 1.50. The van der Waals surface area contributed by atoms with Crippen LogP contribution in [0.4, 0.5) is 13.2 Å². The average molecular weight is 364 g/mol. The Kier molecular flexibility index (Phi) is 4.26. The molecular formula is C15H15F3O7. The molecule has 0 saturated carbocycles. The lowest BCUT2D eigenvalue weighted by atomic mass is 9.88. The monoisotopic (exact) mass is 364 g/mol. The highest BCUT2D eigenvalue weighted by Gasteiger charge is 2.65. The van der Waals surface area contributed by atoms with Crippen LogP contribution in [0.1, 0.15) is 13.3 Å². The maximum atomic E-state index is 12.3. The fraction of sp³-hybridized carbons (Fsp3) is 0.667. The summed E-state index contributed by atoms with van der Waals surface area (Å²) in [5, 5.41) is 0. The van der Waals surface area contributed by atoms with Gasteiger partial charge in [-0.25, -0.2) is 4.79 Å². The van der Waals surface area contributed by atoms with E-state index in [0.717, 1.165) is 0 Å². The standard InChI is InChI=1S/C15H15F3O7/c1-5(4-22-13(20)6(2)15(16,17)18)12(19)24-10-8-3-7-9(23-8)11(10)25-14(7)21/h5,7-11H,2-4H2,1H3. The number of hydrogen-bond donors (Lipinski definition) is 0. The summed E-state index contributed by atoms with van der Waals surface area (Å²) in [5.41, 5.74) is -1.65. The molecule has 0 radical (unpaired) electrons. The second-order valence-corrected chi connectivity index (χ2v) is 6.26. The molecule has 0 amide bonds. The van der Waals surface area contributed by atoms with Gasteiger partial charge in [-0.05, 0) is 13.3 Å². The largest absolute Gasteiger partial charge is 0.461 e. The third-order valence-corrected chi connectivity index (χ3v) is 4.49. The molecule has 0 aliphatic carbocycles. The van der Waals surface area contributed by atoms with Crippen LogP contribution in [0.25, 0.3) is 0 Å². The van der Waals surface area contributed by atoms with Crippen LogP contribution in [0.2, 0.25) is 0 Å². The number of carbonyl (C=O) groups is 3. The van der Waals surface area contributed by atoms with Crippen LogP contribution in [-0.2, 0) is 33.3 Å². The predicted molar refractivity (Wildman–Crippen MR) is 71.8 cm³/mol. The van der Waals surface area contributed by atoms with Gasteiger partial charge in [0, 0.05) is 0 Å². The zero-order valence-electron chi connectivity index (χ0n) is 13.1. The van der Waals surface area contributed by atoms with Gasteiger partial charge in [0.25, 0.3) is 0 Å². The number of halogens is 3. The molecule has 2 bridgehead atoms. The van der Waals surface area contributed by atoms with Gasteiger partial charge in [-0.1, -0.05) is 6.58 Å². The minimum absolute atomic E-state index is 0.336. The Hall–Kier alpha value is -2.10. The molecule has 3 aliphatic heterocycles. The molecule has 25 heavy (non-hydrogen) atoms. The van der Waals surface area contributed by atoms with E-state index in [-0.39, 0.29) is 11.9 Å². The lowest BCUT2D eigenvalue weighted by molar-refractivity contribution is -0.167. The molecule has 3 saturated heterocycles. The fourth-order valence-corrected chi connectivity index (χ4v) is 3.10. The molecule has 0 aromatic carbocycles. The van der Waals surface area contributed by atoms with Crippen LogP contribution in [0.3, 0.4) is 0 Å². The summed E-state index contributed by atoms with van der Waals surface area (Å²) >= 11 is 0. The minimum atomic E-state index is -4.90. The normalized spacial score (nSPS) is 33.8. The van der Waals surface area contributed by atoms with Crippen molar-refractivity contribution in [3.63, 3.8) is 0 Å². The molecule has 0 aromatic rings. The third-order valence-electron chi connectivity index (χ3n) is 4.49. The van der Waals surface area contributed by atoms with Gasteiger partial charge >= 0.3 is 24.1 Å². The second-order valence-electron chi connectivity index (χ2n) is 6.26. The number of esters is 3. The molecule has 7 nitrogen and oxygen atoms in total. The summed E-state index contributed by atoms with van der Waals surface area (Å²) < 4.78 is 57.3. The summed E-state index contributed by atoms with van der Waals surface area (Å²) in [5.74, 6) is -4.16. The van der Waals surface area contributed by atoms with Gasteiger partial charge in [-0.2, -0.15) is 13.2 Å². The van der Waals surface area contributed by atoms with Crippen LogP contribution in [0.15, 0.2) is 12.2 Å². The zero-order valence-corrected chi connectivity index (χ0v) is 13.1. The van der Waals surface area contributed by atoms with Crippen molar-refractivity contribution in [1.82, 2.24) is 0 Å². The molecule has 6 atom stereocenters. The Morgan fingerprint density at radius 3 is 2.68 bits per heavy atom. The van der Waals surface area contributed by atoms with Crippen molar-refractivity contribution in [3.05, 3.63) is 12.2 Å². The van der Waals surface area contributed by atoms with E-state index in [0.29, 0.717) is 6.42 Å². The molecule has 3 fully saturated rings. The zero-order chi connectivity index (χ0) is 18.5. The average Bonchev–Trinajstić information content (AvgIpc) is 3.15. The van der Waals surface area contributed by atoms with Crippen LogP contribution >= 0.6 is 0 Å². The van der Waals surface area contributed by atoms with Crippen LogP contribution < -0.4 is 0 Å². The highest BCUT2D eigenvalue weighted by molar-refractivity contribution is 5.89. The fourth-order valence-electron chi connectivity index (χ4n) is 3.10. The summed E-state index contributed by atoms with van der Waals surface area (Å²) in [6.45, 7) is 3.35.